The van der Waals surface area contributed by atoms with Gasteiger partial charge in [0.2, 0.25) is 0 Å². The van der Waals surface area contributed by atoms with E-state index in [0.717, 1.165) is 0 Å². The van der Waals surface area contributed by atoms with E-state index in [1.165, 1.54) is 35.4 Å². The van der Waals surface area contributed by atoms with Crippen LogP contribution in [0.15, 0.2) is 53.8 Å². The number of benzene rings is 1. The fraction of sp³-hybridized carbons (Fsp3) is 0.111. The van der Waals surface area contributed by atoms with Gasteiger partial charge in [-0.3, -0.25) is 20.3 Å². The lowest BCUT2D eigenvalue weighted by molar-refractivity contribution is -0.0503. The molecule has 4 rings (SSSR count). The molecule has 0 unspecified atom stereocenters. The molecule has 0 bridgehead atoms. The molecular weight excluding hydrogens is 406 g/mol. The van der Waals surface area contributed by atoms with Crippen LogP contribution < -0.4 is 15.7 Å². The molecule has 4 aromatic rings. The molecule has 2 N–H and O–H groups in total. The normalized spacial score (nSPS) is 11.2. The van der Waals surface area contributed by atoms with Crippen LogP contribution in [0, 0.1) is 0 Å². The Bertz CT molecular complexity index is 1230. The summed E-state index contributed by atoms with van der Waals surface area (Å²) in [6, 6.07) is 6.09. The molecule has 3 heterocycles. The molecule has 3 aromatic heterocycles. The fourth-order valence-corrected chi connectivity index (χ4v) is 3.00. The number of aromatic amines is 1. The molecule has 29 heavy (non-hydrogen) atoms. The Kier molecular flexibility index (Phi) is 5.09. The summed E-state index contributed by atoms with van der Waals surface area (Å²) in [5, 5.41) is 8.20. The van der Waals surface area contributed by atoms with E-state index in [2.05, 4.69) is 30.3 Å². The first-order valence-corrected chi connectivity index (χ1v) is 8.73. The Balaban J connectivity index is 1.63. The number of H-pyrrole nitrogens is 1. The van der Waals surface area contributed by atoms with Crippen molar-refractivity contribution in [2.24, 2.45) is 0 Å². The summed E-state index contributed by atoms with van der Waals surface area (Å²) in [5.74, 6) is 0.434. The van der Waals surface area contributed by atoms with Gasteiger partial charge in [-0.1, -0.05) is 11.6 Å². The SMILES string of the molecule is O=c1cnccn1Nc1cc2n[nH]c(Cc3cc(Cl)ccc3OC(F)F)c2cn1. The maximum Gasteiger partial charge on any atom is 0.387 e. The van der Waals surface area contributed by atoms with E-state index in [-0.39, 0.29) is 17.7 Å². The Hall–Kier alpha value is -3.53. The van der Waals surface area contributed by atoms with Gasteiger partial charge < -0.3 is 4.74 Å². The monoisotopic (exact) mass is 418 g/mol. The molecule has 0 aliphatic heterocycles. The van der Waals surface area contributed by atoms with Gasteiger partial charge in [-0.05, 0) is 18.2 Å². The molecule has 8 nitrogen and oxygen atoms in total. The van der Waals surface area contributed by atoms with Crippen LogP contribution in [0.4, 0.5) is 14.6 Å². The number of pyridine rings is 1. The summed E-state index contributed by atoms with van der Waals surface area (Å²) in [5.41, 5.74) is 4.21. The van der Waals surface area contributed by atoms with Gasteiger partial charge in [0.1, 0.15) is 11.6 Å². The van der Waals surface area contributed by atoms with E-state index in [4.69, 9.17) is 11.6 Å². The third-order valence-electron chi connectivity index (χ3n) is 4.08. The minimum Gasteiger partial charge on any atom is -0.435 e. The Morgan fingerprint density at radius 3 is 2.93 bits per heavy atom. The van der Waals surface area contributed by atoms with Gasteiger partial charge in [-0.2, -0.15) is 13.9 Å². The van der Waals surface area contributed by atoms with Crippen LogP contribution in [0.5, 0.6) is 5.75 Å². The minimum absolute atomic E-state index is 0.0375. The van der Waals surface area contributed by atoms with Gasteiger partial charge >= 0.3 is 6.61 Å². The third kappa shape index (κ3) is 4.16. The molecule has 0 radical (unpaired) electrons. The van der Waals surface area contributed by atoms with Gasteiger partial charge in [0.15, 0.2) is 0 Å². The largest absolute Gasteiger partial charge is 0.435 e. The first-order chi connectivity index (χ1) is 14.0. The highest BCUT2D eigenvalue weighted by atomic mass is 35.5. The number of aromatic nitrogens is 5. The topological polar surface area (TPSA) is 97.7 Å². The lowest BCUT2D eigenvalue weighted by Gasteiger charge is -2.11. The van der Waals surface area contributed by atoms with E-state index in [9.17, 15) is 13.6 Å². The van der Waals surface area contributed by atoms with Crippen LogP contribution in [-0.2, 0) is 6.42 Å². The highest BCUT2D eigenvalue weighted by molar-refractivity contribution is 6.30. The average molecular weight is 419 g/mol. The van der Waals surface area contributed by atoms with E-state index in [0.29, 0.717) is 33.0 Å². The number of nitrogens with one attached hydrogen (secondary N) is 2. The van der Waals surface area contributed by atoms with Crippen molar-refractivity contribution in [1.82, 2.24) is 24.8 Å². The zero-order valence-corrected chi connectivity index (χ0v) is 15.4. The average Bonchev–Trinajstić information content (AvgIpc) is 3.08. The van der Waals surface area contributed by atoms with Gasteiger partial charge in [0, 0.05) is 52.7 Å². The smallest absolute Gasteiger partial charge is 0.387 e. The van der Waals surface area contributed by atoms with Crippen molar-refractivity contribution in [3.63, 3.8) is 0 Å². The van der Waals surface area contributed by atoms with Gasteiger partial charge in [0.05, 0.1) is 11.7 Å². The minimum atomic E-state index is -2.94. The predicted molar refractivity (Wildman–Crippen MR) is 102 cm³/mol. The Morgan fingerprint density at radius 1 is 1.28 bits per heavy atom. The van der Waals surface area contributed by atoms with E-state index in [1.54, 1.807) is 18.3 Å². The zero-order chi connectivity index (χ0) is 20.4. The van der Waals surface area contributed by atoms with E-state index >= 15 is 0 Å². The van der Waals surface area contributed by atoms with Gasteiger partial charge in [-0.15, -0.1) is 0 Å². The summed E-state index contributed by atoms with van der Waals surface area (Å²) in [4.78, 5) is 19.8. The summed E-state index contributed by atoms with van der Waals surface area (Å²) < 4.78 is 31.1. The molecule has 0 fully saturated rings. The first kappa shape index (κ1) is 18.8. The number of halogens is 3. The molecule has 148 valence electrons. The van der Waals surface area contributed by atoms with E-state index < -0.39 is 6.61 Å². The number of rotatable bonds is 6. The molecule has 0 amide bonds. The molecule has 0 saturated heterocycles. The molecule has 0 aliphatic rings. The lowest BCUT2D eigenvalue weighted by Crippen LogP contribution is -2.25. The second-order valence-corrected chi connectivity index (χ2v) is 6.43. The lowest BCUT2D eigenvalue weighted by atomic mass is 10.1. The summed E-state index contributed by atoms with van der Waals surface area (Å²) in [6.07, 6.45) is 5.90. The number of alkyl halides is 2. The second kappa shape index (κ2) is 7.84. The van der Waals surface area contributed by atoms with Crippen molar-refractivity contribution in [3.05, 3.63) is 75.7 Å². The highest BCUT2D eigenvalue weighted by Crippen LogP contribution is 2.28. The first-order valence-electron chi connectivity index (χ1n) is 8.35. The highest BCUT2D eigenvalue weighted by Gasteiger charge is 2.14. The molecule has 0 saturated carbocycles. The van der Waals surface area contributed by atoms with Crippen LogP contribution in [0.3, 0.4) is 0 Å². The standard InChI is InChI=1S/C18H13ClF2N6O2/c19-11-1-2-15(29-18(20)21)10(5-11)6-13-12-8-23-16(7-14(12)25-24-13)26-27-4-3-22-9-17(27)28/h1-5,7-9,18H,6H2,(H,23,26)(H,24,25). The third-order valence-corrected chi connectivity index (χ3v) is 4.32. The van der Waals surface area contributed by atoms with Crippen molar-refractivity contribution in [2.75, 3.05) is 5.43 Å². The zero-order valence-electron chi connectivity index (χ0n) is 14.6. The molecule has 0 spiro atoms. The van der Waals surface area contributed by atoms with Crippen molar-refractivity contribution >= 4 is 28.3 Å². The van der Waals surface area contributed by atoms with Gasteiger partial charge in [0.25, 0.3) is 5.56 Å². The maximum absolute atomic E-state index is 12.7. The van der Waals surface area contributed by atoms with E-state index in [1.807, 2.05) is 0 Å². The molecular formula is C18H13ClF2N6O2. The van der Waals surface area contributed by atoms with Crippen LogP contribution in [0.25, 0.3) is 10.9 Å². The Labute approximate surface area is 167 Å². The van der Waals surface area contributed by atoms with Crippen molar-refractivity contribution in [1.29, 1.82) is 0 Å². The second-order valence-electron chi connectivity index (χ2n) is 5.99. The number of fused-ring (bicyclic) bond motifs is 1. The van der Waals surface area contributed by atoms with Crippen LogP contribution in [-0.4, -0.2) is 31.5 Å². The summed E-state index contributed by atoms with van der Waals surface area (Å²) in [6.45, 7) is -2.94. The summed E-state index contributed by atoms with van der Waals surface area (Å²) in [7, 11) is 0. The molecule has 0 atom stereocenters. The van der Waals surface area contributed by atoms with Crippen LogP contribution in [0.2, 0.25) is 5.02 Å². The molecule has 0 aliphatic carbocycles. The summed E-state index contributed by atoms with van der Waals surface area (Å²) >= 11 is 6.00. The van der Waals surface area contributed by atoms with Crippen molar-refractivity contribution < 1.29 is 13.5 Å². The predicted octanol–water partition coefficient (Wildman–Crippen LogP) is 3.24. The number of nitrogens with zero attached hydrogens (tertiary/aromatic N) is 4. The fourth-order valence-electron chi connectivity index (χ4n) is 2.80. The van der Waals surface area contributed by atoms with Crippen molar-refractivity contribution in [2.45, 2.75) is 13.0 Å². The number of hydrogen-bond acceptors (Lipinski definition) is 6. The maximum atomic E-state index is 12.7. The number of hydrogen-bond donors (Lipinski definition) is 2. The Morgan fingerprint density at radius 2 is 2.14 bits per heavy atom. The van der Waals surface area contributed by atoms with Crippen LogP contribution in [0.1, 0.15) is 11.3 Å². The molecule has 11 heteroatoms. The van der Waals surface area contributed by atoms with Crippen LogP contribution >= 0.6 is 11.6 Å². The van der Waals surface area contributed by atoms with Crippen molar-refractivity contribution in [3.8, 4) is 5.75 Å². The number of ether oxygens (including phenoxy) is 1. The molecule has 1 aromatic carbocycles. The van der Waals surface area contributed by atoms with Gasteiger partial charge in [-0.25, -0.2) is 9.66 Å². The quantitative estimate of drug-likeness (QED) is 0.499. The number of anilines is 1.